The number of nitrogens with zero attached hydrogens (tertiary/aromatic N) is 3. The quantitative estimate of drug-likeness (QED) is 0.117. The van der Waals surface area contributed by atoms with Crippen LogP contribution in [-0.4, -0.2) is 60.8 Å². The summed E-state index contributed by atoms with van der Waals surface area (Å²) < 4.78 is 27.4. The molecule has 57 heavy (non-hydrogen) atoms. The van der Waals surface area contributed by atoms with Crippen molar-refractivity contribution >= 4 is 33.6 Å². The number of hydrogen-bond acceptors (Lipinski definition) is 6. The fourth-order valence-corrected chi connectivity index (χ4v) is 8.49. The first-order chi connectivity index (χ1) is 27.9. The van der Waals surface area contributed by atoms with E-state index in [0.717, 1.165) is 50.6 Å². The molecule has 8 rings (SSSR count). The van der Waals surface area contributed by atoms with Gasteiger partial charge in [-0.3, -0.25) is 14.5 Å². The molecule has 2 amide bonds. The SMILES string of the molecule is COc1ccc2c(c1)c(C(CC(=O)N1CCC(c3cn(Cc4ccccc4)c4ccccc34)CC1=O)c1cc(OC)c(OC)c(OC)c1)cn2Cc1ccccc1. The Labute approximate surface area is 333 Å². The van der Waals surface area contributed by atoms with Gasteiger partial charge < -0.3 is 28.1 Å². The van der Waals surface area contributed by atoms with E-state index in [1.54, 1.807) is 28.4 Å². The summed E-state index contributed by atoms with van der Waals surface area (Å²) in [6, 6.07) is 38.9. The van der Waals surface area contributed by atoms with Crippen molar-refractivity contribution < 1.29 is 28.5 Å². The van der Waals surface area contributed by atoms with Crippen LogP contribution < -0.4 is 18.9 Å². The second-order valence-electron chi connectivity index (χ2n) is 14.6. The fourth-order valence-electron chi connectivity index (χ4n) is 8.49. The Morgan fingerprint density at radius 1 is 0.684 bits per heavy atom. The Balaban J connectivity index is 1.14. The van der Waals surface area contributed by atoms with Crippen LogP contribution in [0.2, 0.25) is 0 Å². The van der Waals surface area contributed by atoms with E-state index in [1.165, 1.54) is 10.5 Å². The summed E-state index contributed by atoms with van der Waals surface area (Å²) in [5, 5.41) is 2.10. The summed E-state index contributed by atoms with van der Waals surface area (Å²) in [6.07, 6.45) is 5.31. The minimum atomic E-state index is -0.473. The van der Waals surface area contributed by atoms with Gasteiger partial charge in [-0.25, -0.2) is 0 Å². The maximum absolute atomic E-state index is 14.6. The monoisotopic (exact) mass is 761 g/mol. The molecule has 0 radical (unpaired) electrons. The molecule has 0 aliphatic carbocycles. The van der Waals surface area contributed by atoms with Gasteiger partial charge >= 0.3 is 0 Å². The molecule has 0 spiro atoms. The van der Waals surface area contributed by atoms with Gasteiger partial charge in [0.2, 0.25) is 17.6 Å². The van der Waals surface area contributed by atoms with E-state index in [4.69, 9.17) is 18.9 Å². The third kappa shape index (κ3) is 7.45. The molecule has 2 atom stereocenters. The maximum Gasteiger partial charge on any atom is 0.230 e. The number of rotatable bonds is 13. The number of carbonyl (C=O) groups excluding carboxylic acids is 2. The predicted molar refractivity (Wildman–Crippen MR) is 223 cm³/mol. The number of benzene rings is 5. The Morgan fingerprint density at radius 3 is 1.91 bits per heavy atom. The lowest BCUT2D eigenvalue weighted by molar-refractivity contribution is -0.147. The number of ether oxygens (including phenoxy) is 4. The molecule has 0 N–H and O–H groups in total. The van der Waals surface area contributed by atoms with Gasteiger partial charge in [-0.15, -0.1) is 0 Å². The number of hydrogen-bond donors (Lipinski definition) is 0. The van der Waals surface area contributed by atoms with Gasteiger partial charge in [0.25, 0.3) is 0 Å². The van der Waals surface area contributed by atoms with Gasteiger partial charge in [-0.1, -0.05) is 78.9 Å². The van der Waals surface area contributed by atoms with Gasteiger partial charge in [0, 0.05) is 72.6 Å². The number of para-hydroxylation sites is 1. The molecular formula is C48H47N3O6. The standard InChI is InChI=1S/C48H47N3O6/c1-54-36-19-20-43-39(26-36)41(31-50(43)29-33-15-9-6-10-16-33)38(35-23-44(55-2)48(57-4)45(24-35)56-3)27-47(53)51-22-21-34(25-46(51)52)40-30-49(28-32-13-7-5-8-14-32)42-18-12-11-17-37(40)42/h5-20,23-24,26,30-31,34,38H,21-22,25,27-29H2,1-4H3. The molecule has 0 saturated carbocycles. The molecule has 3 heterocycles. The van der Waals surface area contributed by atoms with Crippen molar-refractivity contribution in [1.29, 1.82) is 0 Å². The summed E-state index contributed by atoms with van der Waals surface area (Å²) in [6.45, 7) is 1.71. The largest absolute Gasteiger partial charge is 0.497 e. The molecule has 1 aliphatic rings. The number of piperidine rings is 1. The van der Waals surface area contributed by atoms with Crippen molar-refractivity contribution in [2.45, 2.75) is 44.2 Å². The molecule has 0 bridgehead atoms. The Kier molecular flexibility index (Phi) is 10.7. The highest BCUT2D eigenvalue weighted by Gasteiger charge is 2.35. The van der Waals surface area contributed by atoms with Crippen molar-refractivity contribution in [2.24, 2.45) is 0 Å². The van der Waals surface area contributed by atoms with Gasteiger partial charge in [0.05, 0.1) is 28.4 Å². The van der Waals surface area contributed by atoms with E-state index < -0.39 is 5.92 Å². The highest BCUT2D eigenvalue weighted by molar-refractivity contribution is 5.98. The lowest BCUT2D eigenvalue weighted by Gasteiger charge is -2.31. The van der Waals surface area contributed by atoms with Crippen LogP contribution in [-0.2, 0) is 22.7 Å². The molecule has 9 heteroatoms. The van der Waals surface area contributed by atoms with E-state index in [-0.39, 0.29) is 30.6 Å². The minimum Gasteiger partial charge on any atom is -0.497 e. The first kappa shape index (κ1) is 37.4. The molecule has 1 saturated heterocycles. The molecule has 1 fully saturated rings. The van der Waals surface area contributed by atoms with E-state index in [9.17, 15) is 9.59 Å². The molecule has 1 aliphatic heterocycles. The smallest absolute Gasteiger partial charge is 0.230 e. The van der Waals surface area contributed by atoms with Crippen molar-refractivity contribution in [3.8, 4) is 23.0 Å². The number of fused-ring (bicyclic) bond motifs is 2. The molecule has 9 nitrogen and oxygen atoms in total. The first-order valence-corrected chi connectivity index (χ1v) is 19.3. The first-order valence-electron chi connectivity index (χ1n) is 19.3. The maximum atomic E-state index is 14.6. The van der Waals surface area contributed by atoms with E-state index in [2.05, 4.69) is 88.3 Å². The zero-order valence-electron chi connectivity index (χ0n) is 32.8. The van der Waals surface area contributed by atoms with Crippen molar-refractivity contribution in [3.63, 3.8) is 0 Å². The number of imide groups is 1. The predicted octanol–water partition coefficient (Wildman–Crippen LogP) is 9.18. The number of likely N-dealkylation sites (tertiary alicyclic amines) is 1. The Hall–Kier alpha value is -6.48. The highest BCUT2D eigenvalue weighted by atomic mass is 16.5. The van der Waals surface area contributed by atoms with Crippen molar-refractivity contribution in [2.75, 3.05) is 35.0 Å². The topological polar surface area (TPSA) is 84.2 Å². The number of carbonyl (C=O) groups is 2. The summed E-state index contributed by atoms with van der Waals surface area (Å²) in [5.41, 5.74) is 7.38. The Bertz CT molecular complexity index is 2520. The summed E-state index contributed by atoms with van der Waals surface area (Å²) >= 11 is 0. The van der Waals surface area contributed by atoms with Crippen LogP contribution in [0.5, 0.6) is 23.0 Å². The molecular weight excluding hydrogens is 715 g/mol. The lowest BCUT2D eigenvalue weighted by Crippen LogP contribution is -2.42. The van der Waals surface area contributed by atoms with Crippen LogP contribution in [0, 0.1) is 0 Å². The third-order valence-electron chi connectivity index (χ3n) is 11.3. The zero-order valence-corrected chi connectivity index (χ0v) is 32.8. The van der Waals surface area contributed by atoms with Gasteiger partial charge in [-0.05, 0) is 76.6 Å². The summed E-state index contributed by atoms with van der Waals surface area (Å²) in [7, 11) is 6.39. The number of aromatic nitrogens is 2. The molecule has 5 aromatic carbocycles. The van der Waals surface area contributed by atoms with E-state index in [0.29, 0.717) is 42.5 Å². The van der Waals surface area contributed by atoms with Crippen LogP contribution in [0.3, 0.4) is 0 Å². The van der Waals surface area contributed by atoms with Crippen LogP contribution in [0.4, 0.5) is 0 Å². The fraction of sp³-hybridized carbons (Fsp3) is 0.250. The second kappa shape index (κ2) is 16.3. The lowest BCUT2D eigenvalue weighted by atomic mass is 9.86. The van der Waals surface area contributed by atoms with Gasteiger partial charge in [0.1, 0.15) is 5.75 Å². The number of methoxy groups -OCH3 is 4. The third-order valence-corrected chi connectivity index (χ3v) is 11.3. The van der Waals surface area contributed by atoms with Gasteiger partial charge in [-0.2, -0.15) is 0 Å². The van der Waals surface area contributed by atoms with E-state index in [1.807, 2.05) is 48.5 Å². The summed E-state index contributed by atoms with van der Waals surface area (Å²) in [5.74, 6) is 1.28. The summed E-state index contributed by atoms with van der Waals surface area (Å²) in [4.78, 5) is 30.2. The second-order valence-corrected chi connectivity index (χ2v) is 14.6. The number of amides is 2. The zero-order chi connectivity index (χ0) is 39.5. The van der Waals surface area contributed by atoms with Crippen LogP contribution in [0.25, 0.3) is 21.8 Å². The van der Waals surface area contributed by atoms with Crippen LogP contribution in [0.1, 0.15) is 58.9 Å². The van der Waals surface area contributed by atoms with Gasteiger partial charge in [0.15, 0.2) is 11.5 Å². The molecule has 290 valence electrons. The molecule has 7 aromatic rings. The molecule has 2 aromatic heterocycles. The van der Waals surface area contributed by atoms with Crippen LogP contribution >= 0.6 is 0 Å². The normalized spacial score (nSPS) is 14.8. The average molecular weight is 762 g/mol. The highest BCUT2D eigenvalue weighted by Crippen LogP contribution is 2.45. The minimum absolute atomic E-state index is 0.00203. The molecule has 2 unspecified atom stereocenters. The van der Waals surface area contributed by atoms with Crippen molar-refractivity contribution in [1.82, 2.24) is 14.0 Å². The average Bonchev–Trinajstić information content (AvgIpc) is 3.80. The van der Waals surface area contributed by atoms with Crippen molar-refractivity contribution in [3.05, 3.63) is 155 Å². The van der Waals surface area contributed by atoms with Crippen LogP contribution in [0.15, 0.2) is 128 Å². The Morgan fingerprint density at radius 2 is 1.30 bits per heavy atom. The van der Waals surface area contributed by atoms with E-state index >= 15 is 0 Å².